The Labute approximate surface area is 241 Å². The summed E-state index contributed by atoms with van der Waals surface area (Å²) in [6.07, 6.45) is 2.35. The Balaban J connectivity index is 0.891. The molecule has 2 fully saturated rings. The van der Waals surface area contributed by atoms with Gasteiger partial charge >= 0.3 is 0 Å². The van der Waals surface area contributed by atoms with Gasteiger partial charge in [0.1, 0.15) is 36.9 Å². The maximum Gasteiger partial charge on any atom is 0.120 e. The van der Waals surface area contributed by atoms with Crippen molar-refractivity contribution in [3.63, 3.8) is 0 Å². The Morgan fingerprint density at radius 1 is 0.488 bits per heavy atom. The molecule has 2 saturated heterocycles. The highest BCUT2D eigenvalue weighted by molar-refractivity contribution is 5.85. The smallest absolute Gasteiger partial charge is 0.120 e. The van der Waals surface area contributed by atoms with E-state index in [1.54, 1.807) is 0 Å². The fourth-order valence-electron chi connectivity index (χ4n) is 4.71. The molecule has 0 bridgehead atoms. The van der Waals surface area contributed by atoms with Crippen LogP contribution in [0.4, 0.5) is 0 Å². The van der Waals surface area contributed by atoms with Crippen LogP contribution in [0.2, 0.25) is 0 Å². The Kier molecular flexibility index (Phi) is 9.62. The van der Waals surface area contributed by atoms with Crippen molar-refractivity contribution < 1.29 is 33.2 Å². The van der Waals surface area contributed by atoms with E-state index in [0.29, 0.717) is 65.1 Å². The van der Waals surface area contributed by atoms with Crippen molar-refractivity contribution in [2.75, 3.05) is 66.1 Å². The largest absolute Gasteiger partial charge is 0.491 e. The summed E-state index contributed by atoms with van der Waals surface area (Å²) in [5.41, 5.74) is 2.54. The van der Waals surface area contributed by atoms with Crippen molar-refractivity contribution in [2.24, 2.45) is 0 Å². The lowest BCUT2D eigenvalue weighted by molar-refractivity contribution is 0.0879. The lowest BCUT2D eigenvalue weighted by Crippen LogP contribution is -2.10. The summed E-state index contributed by atoms with van der Waals surface area (Å²) in [4.78, 5) is 0. The van der Waals surface area contributed by atoms with Gasteiger partial charge in [0.2, 0.25) is 0 Å². The molecule has 2 atom stereocenters. The highest BCUT2D eigenvalue weighted by Gasteiger charge is 2.22. The molecule has 4 aromatic carbocycles. The van der Waals surface area contributed by atoms with Crippen molar-refractivity contribution >= 4 is 21.5 Å². The fourth-order valence-corrected chi connectivity index (χ4v) is 4.71. The van der Waals surface area contributed by atoms with Crippen LogP contribution in [0.25, 0.3) is 21.5 Å². The summed E-state index contributed by atoms with van der Waals surface area (Å²) in [6.45, 7) is 6.56. The van der Waals surface area contributed by atoms with E-state index in [-0.39, 0.29) is 0 Å². The van der Waals surface area contributed by atoms with Gasteiger partial charge < -0.3 is 33.2 Å². The van der Waals surface area contributed by atoms with Crippen molar-refractivity contribution in [2.45, 2.75) is 25.0 Å². The molecule has 7 nitrogen and oxygen atoms in total. The average Bonchev–Trinajstić information content (AvgIpc) is 3.93. The normalized spacial score (nSPS) is 17.7. The van der Waals surface area contributed by atoms with Crippen LogP contribution in [-0.4, -0.2) is 78.3 Å². The van der Waals surface area contributed by atoms with Crippen molar-refractivity contribution in [1.82, 2.24) is 0 Å². The van der Waals surface area contributed by atoms with Gasteiger partial charge in [-0.25, -0.2) is 0 Å². The highest BCUT2D eigenvalue weighted by atomic mass is 16.6. The predicted octanol–water partition coefficient (Wildman–Crippen LogP) is 5.38. The van der Waals surface area contributed by atoms with E-state index in [0.717, 1.165) is 37.6 Å². The maximum atomic E-state index is 5.99. The van der Waals surface area contributed by atoms with E-state index in [4.69, 9.17) is 33.2 Å². The van der Waals surface area contributed by atoms with Crippen LogP contribution in [0.1, 0.15) is 11.1 Å². The van der Waals surface area contributed by atoms with Crippen LogP contribution in [-0.2, 0) is 36.5 Å². The van der Waals surface area contributed by atoms with Crippen LogP contribution in [0, 0.1) is 0 Å². The first-order valence-electron chi connectivity index (χ1n) is 14.6. The molecule has 0 aromatic heterocycles. The molecule has 7 heteroatoms. The molecule has 216 valence electrons. The number of epoxide rings is 2. The molecule has 0 aliphatic carbocycles. The molecule has 0 radical (unpaired) electrons. The van der Waals surface area contributed by atoms with Gasteiger partial charge in [-0.3, -0.25) is 0 Å². The Morgan fingerprint density at radius 2 is 0.927 bits per heavy atom. The molecule has 6 rings (SSSR count). The number of rotatable bonds is 18. The third-order valence-corrected chi connectivity index (χ3v) is 7.23. The summed E-state index contributed by atoms with van der Waals surface area (Å²) >= 11 is 0. The quantitative estimate of drug-likeness (QED) is 0.120. The second kappa shape index (κ2) is 14.1. The van der Waals surface area contributed by atoms with E-state index >= 15 is 0 Å². The van der Waals surface area contributed by atoms with Gasteiger partial charge in [0.25, 0.3) is 0 Å². The second-order valence-corrected chi connectivity index (χ2v) is 10.6. The summed E-state index contributed by atoms with van der Waals surface area (Å²) in [7, 11) is 0. The fraction of sp³-hybridized carbons (Fsp3) is 0.412. The topological polar surface area (TPSA) is 71.2 Å². The zero-order chi connectivity index (χ0) is 27.7. The maximum absolute atomic E-state index is 5.99. The van der Waals surface area contributed by atoms with E-state index < -0.39 is 0 Å². The average molecular weight is 559 g/mol. The Hall–Kier alpha value is -3.20. The molecule has 2 aliphatic heterocycles. The summed E-state index contributed by atoms with van der Waals surface area (Å²) in [5, 5.41) is 4.75. The molecular formula is C34H38O7. The van der Waals surface area contributed by atoms with Crippen molar-refractivity contribution in [3.05, 3.63) is 83.9 Å². The number of benzene rings is 4. The van der Waals surface area contributed by atoms with Crippen LogP contribution in [0.15, 0.2) is 72.8 Å². The second-order valence-electron chi connectivity index (χ2n) is 10.6. The predicted molar refractivity (Wildman–Crippen MR) is 158 cm³/mol. The van der Waals surface area contributed by atoms with Gasteiger partial charge in [-0.2, -0.15) is 0 Å². The van der Waals surface area contributed by atoms with Crippen LogP contribution < -0.4 is 9.47 Å². The first kappa shape index (κ1) is 27.9. The summed E-state index contributed by atoms with van der Waals surface area (Å²) in [5.74, 6) is 1.73. The van der Waals surface area contributed by atoms with Gasteiger partial charge in [0.15, 0.2) is 0 Å². The van der Waals surface area contributed by atoms with E-state index in [2.05, 4.69) is 60.7 Å². The lowest BCUT2D eigenvalue weighted by atomic mass is 10.0. The molecule has 2 aliphatic rings. The molecule has 2 unspecified atom stereocenters. The summed E-state index contributed by atoms with van der Waals surface area (Å²) in [6, 6.07) is 25.6. The number of hydrogen-bond donors (Lipinski definition) is 0. The molecule has 0 saturated carbocycles. The molecule has 41 heavy (non-hydrogen) atoms. The Bertz CT molecular complexity index is 1310. The molecular weight excluding hydrogens is 520 g/mol. The molecule has 0 N–H and O–H groups in total. The third kappa shape index (κ3) is 8.89. The SMILES string of the molecule is c1cc2cc(OCCOCC3CO3)ccc2cc1CCOCCc1ccc2cc(OCCOCC3CO3)ccc2c1. The minimum Gasteiger partial charge on any atom is -0.491 e. The van der Waals surface area contributed by atoms with E-state index in [1.165, 1.54) is 32.7 Å². The van der Waals surface area contributed by atoms with E-state index in [1.807, 2.05) is 12.1 Å². The first-order valence-corrected chi connectivity index (χ1v) is 14.6. The van der Waals surface area contributed by atoms with E-state index in [9.17, 15) is 0 Å². The molecule has 4 aromatic rings. The molecule has 2 heterocycles. The highest BCUT2D eigenvalue weighted by Crippen LogP contribution is 2.24. The van der Waals surface area contributed by atoms with Crippen LogP contribution >= 0.6 is 0 Å². The van der Waals surface area contributed by atoms with Crippen LogP contribution in [0.5, 0.6) is 11.5 Å². The van der Waals surface area contributed by atoms with Gasteiger partial charge in [-0.1, -0.05) is 48.5 Å². The van der Waals surface area contributed by atoms with Crippen LogP contribution in [0.3, 0.4) is 0 Å². The molecule has 0 spiro atoms. The Morgan fingerprint density at radius 3 is 1.39 bits per heavy atom. The number of fused-ring (bicyclic) bond motifs is 2. The zero-order valence-corrected chi connectivity index (χ0v) is 23.4. The third-order valence-electron chi connectivity index (χ3n) is 7.23. The minimum atomic E-state index is 0.291. The van der Waals surface area contributed by atoms with Crippen molar-refractivity contribution in [3.8, 4) is 11.5 Å². The van der Waals surface area contributed by atoms with Gasteiger partial charge in [-0.15, -0.1) is 0 Å². The standard InChI is InChI=1S/C34H38O7/c1-3-29-19-31(38-15-13-36-21-33-23-40-33)7-5-27(29)17-25(1)9-11-35-12-10-26-2-4-30-20-32(8-6-28(30)18-26)39-16-14-37-22-34-24-41-34/h1-8,17-20,33-34H,9-16,21-24H2. The van der Waals surface area contributed by atoms with Gasteiger partial charge in [-0.05, 0) is 69.8 Å². The summed E-state index contributed by atoms with van der Waals surface area (Å²) < 4.78 is 39.0. The zero-order valence-electron chi connectivity index (χ0n) is 23.4. The van der Waals surface area contributed by atoms with Crippen molar-refractivity contribution in [1.29, 1.82) is 0 Å². The van der Waals surface area contributed by atoms with Gasteiger partial charge in [0, 0.05) is 0 Å². The number of hydrogen-bond acceptors (Lipinski definition) is 7. The first-order chi connectivity index (χ1) is 20.3. The monoisotopic (exact) mass is 558 g/mol. The minimum absolute atomic E-state index is 0.291. The molecule has 0 amide bonds. The lowest BCUT2D eigenvalue weighted by Gasteiger charge is -2.10. The number of ether oxygens (including phenoxy) is 7. The van der Waals surface area contributed by atoms with Gasteiger partial charge in [0.05, 0.1) is 52.9 Å².